The van der Waals surface area contributed by atoms with Gasteiger partial charge in [-0.3, -0.25) is 4.79 Å². The van der Waals surface area contributed by atoms with Gasteiger partial charge in [0.2, 0.25) is 0 Å². The number of nitriles is 1. The Balaban J connectivity index is 1.96. The van der Waals surface area contributed by atoms with Crippen LogP contribution in [-0.4, -0.2) is 41.7 Å². The summed E-state index contributed by atoms with van der Waals surface area (Å²) in [4.78, 5) is 13.7. The SMILES string of the molecule is CC(Oc1ccccc1C#N)C(=O)N1CC(CO)C1. The standard InChI is InChI=1S/C14H16N2O3/c1-10(14(18)16-7-11(8-16)9-17)19-13-5-3-2-4-12(13)6-15/h2-5,10-11,17H,7-9H2,1H3. The highest BCUT2D eigenvalue weighted by Gasteiger charge is 2.33. The summed E-state index contributed by atoms with van der Waals surface area (Å²) in [5, 5.41) is 17.9. The minimum Gasteiger partial charge on any atom is -0.480 e. The summed E-state index contributed by atoms with van der Waals surface area (Å²) in [6.45, 7) is 2.92. The van der Waals surface area contributed by atoms with E-state index < -0.39 is 6.10 Å². The Bertz CT molecular complexity index is 504. The molecule has 2 rings (SSSR count). The van der Waals surface area contributed by atoms with Gasteiger partial charge in [-0.15, -0.1) is 0 Å². The number of carbonyl (C=O) groups excluding carboxylic acids is 1. The molecular formula is C14H16N2O3. The predicted molar refractivity (Wildman–Crippen MR) is 68.4 cm³/mol. The van der Waals surface area contributed by atoms with Crippen LogP contribution < -0.4 is 4.74 Å². The molecule has 100 valence electrons. The number of para-hydroxylation sites is 1. The minimum atomic E-state index is -0.630. The second kappa shape index (κ2) is 5.72. The molecule has 0 aliphatic carbocycles. The lowest BCUT2D eigenvalue weighted by Crippen LogP contribution is -2.54. The van der Waals surface area contributed by atoms with Crippen LogP contribution in [-0.2, 0) is 4.79 Å². The summed E-state index contributed by atoms with van der Waals surface area (Å²) < 4.78 is 5.55. The third-order valence-corrected chi connectivity index (χ3v) is 3.19. The van der Waals surface area contributed by atoms with E-state index in [1.807, 2.05) is 6.07 Å². The molecule has 1 amide bonds. The van der Waals surface area contributed by atoms with Gasteiger partial charge in [0.25, 0.3) is 5.91 Å². The van der Waals surface area contributed by atoms with Crippen LogP contribution in [0.2, 0.25) is 0 Å². The van der Waals surface area contributed by atoms with E-state index in [1.54, 1.807) is 36.1 Å². The number of amides is 1. The lowest BCUT2D eigenvalue weighted by atomic mass is 10.0. The third kappa shape index (κ3) is 2.85. The monoisotopic (exact) mass is 260 g/mol. The lowest BCUT2D eigenvalue weighted by Gasteiger charge is -2.39. The van der Waals surface area contributed by atoms with Crippen LogP contribution in [0.4, 0.5) is 0 Å². The van der Waals surface area contributed by atoms with Gasteiger partial charge in [0, 0.05) is 25.6 Å². The molecule has 5 nitrogen and oxygen atoms in total. The molecule has 1 aliphatic rings. The maximum absolute atomic E-state index is 12.0. The summed E-state index contributed by atoms with van der Waals surface area (Å²) in [6, 6.07) is 8.87. The first kappa shape index (κ1) is 13.4. The molecule has 1 fully saturated rings. The van der Waals surface area contributed by atoms with E-state index in [4.69, 9.17) is 15.1 Å². The predicted octanol–water partition coefficient (Wildman–Crippen LogP) is 0.776. The van der Waals surface area contributed by atoms with Gasteiger partial charge in [0.05, 0.1) is 5.56 Å². The van der Waals surface area contributed by atoms with Crippen molar-refractivity contribution in [1.82, 2.24) is 4.90 Å². The van der Waals surface area contributed by atoms with Crippen LogP contribution in [0.25, 0.3) is 0 Å². The number of carbonyl (C=O) groups is 1. The summed E-state index contributed by atoms with van der Waals surface area (Å²) in [5.74, 6) is 0.491. The summed E-state index contributed by atoms with van der Waals surface area (Å²) in [7, 11) is 0. The fraction of sp³-hybridized carbons (Fsp3) is 0.429. The molecule has 0 saturated carbocycles. The van der Waals surface area contributed by atoms with Crippen molar-refractivity contribution < 1.29 is 14.6 Å². The molecule has 1 heterocycles. The van der Waals surface area contributed by atoms with Crippen LogP contribution in [0.15, 0.2) is 24.3 Å². The highest BCUT2D eigenvalue weighted by Crippen LogP contribution is 2.21. The van der Waals surface area contributed by atoms with Crippen LogP contribution >= 0.6 is 0 Å². The van der Waals surface area contributed by atoms with Gasteiger partial charge in [-0.1, -0.05) is 12.1 Å². The Morgan fingerprint density at radius 2 is 2.26 bits per heavy atom. The van der Waals surface area contributed by atoms with Gasteiger partial charge in [0.15, 0.2) is 6.10 Å². The zero-order chi connectivity index (χ0) is 13.8. The topological polar surface area (TPSA) is 73.6 Å². The van der Waals surface area contributed by atoms with Crippen LogP contribution in [0.5, 0.6) is 5.75 Å². The normalized spacial score (nSPS) is 16.4. The Morgan fingerprint density at radius 1 is 1.58 bits per heavy atom. The van der Waals surface area contributed by atoms with Crippen LogP contribution in [0, 0.1) is 17.2 Å². The van der Waals surface area contributed by atoms with E-state index in [2.05, 4.69) is 0 Å². The number of hydrogen-bond acceptors (Lipinski definition) is 4. The van der Waals surface area contributed by atoms with Crippen molar-refractivity contribution in [3.05, 3.63) is 29.8 Å². The molecule has 19 heavy (non-hydrogen) atoms. The molecule has 1 unspecified atom stereocenters. The Labute approximate surface area is 112 Å². The van der Waals surface area contributed by atoms with Crippen LogP contribution in [0.1, 0.15) is 12.5 Å². The molecule has 1 aliphatic heterocycles. The number of hydrogen-bond donors (Lipinski definition) is 1. The Kier molecular flexibility index (Phi) is 4.03. The molecule has 1 N–H and O–H groups in total. The number of nitrogens with zero attached hydrogens (tertiary/aromatic N) is 2. The van der Waals surface area contributed by atoms with Gasteiger partial charge < -0.3 is 14.7 Å². The maximum atomic E-state index is 12.0. The highest BCUT2D eigenvalue weighted by molar-refractivity contribution is 5.81. The van der Waals surface area contributed by atoms with E-state index in [1.165, 1.54) is 0 Å². The number of aliphatic hydroxyl groups is 1. The second-order valence-electron chi connectivity index (χ2n) is 4.66. The van der Waals surface area contributed by atoms with Gasteiger partial charge in [-0.05, 0) is 19.1 Å². The fourth-order valence-corrected chi connectivity index (χ4v) is 2.03. The molecular weight excluding hydrogens is 244 g/mol. The first-order valence-electron chi connectivity index (χ1n) is 6.21. The van der Waals surface area contributed by atoms with E-state index in [9.17, 15) is 4.79 Å². The van der Waals surface area contributed by atoms with Crippen molar-refractivity contribution >= 4 is 5.91 Å². The molecule has 1 saturated heterocycles. The highest BCUT2D eigenvalue weighted by atomic mass is 16.5. The van der Waals surface area contributed by atoms with Crippen molar-refractivity contribution in [3.63, 3.8) is 0 Å². The molecule has 0 aromatic heterocycles. The van der Waals surface area contributed by atoms with E-state index in [0.29, 0.717) is 24.4 Å². The number of aliphatic hydroxyl groups excluding tert-OH is 1. The van der Waals surface area contributed by atoms with Crippen molar-refractivity contribution in [1.29, 1.82) is 5.26 Å². The van der Waals surface area contributed by atoms with E-state index >= 15 is 0 Å². The summed E-state index contributed by atoms with van der Waals surface area (Å²) >= 11 is 0. The second-order valence-corrected chi connectivity index (χ2v) is 4.66. The largest absolute Gasteiger partial charge is 0.480 e. The lowest BCUT2D eigenvalue weighted by molar-refractivity contribution is -0.145. The molecule has 1 atom stereocenters. The zero-order valence-electron chi connectivity index (χ0n) is 10.7. The van der Waals surface area contributed by atoms with E-state index in [0.717, 1.165) is 0 Å². The van der Waals surface area contributed by atoms with Crippen LogP contribution in [0.3, 0.4) is 0 Å². The number of ether oxygens (including phenoxy) is 1. The third-order valence-electron chi connectivity index (χ3n) is 3.19. The van der Waals surface area contributed by atoms with Crippen molar-refractivity contribution in [2.45, 2.75) is 13.0 Å². The molecule has 1 aromatic rings. The Hall–Kier alpha value is -2.06. The average molecular weight is 260 g/mol. The number of likely N-dealkylation sites (tertiary alicyclic amines) is 1. The van der Waals surface area contributed by atoms with Gasteiger partial charge in [-0.25, -0.2) is 0 Å². The quantitative estimate of drug-likeness (QED) is 0.868. The number of rotatable bonds is 4. The molecule has 1 aromatic carbocycles. The van der Waals surface area contributed by atoms with E-state index in [-0.39, 0.29) is 18.4 Å². The molecule has 0 bridgehead atoms. The average Bonchev–Trinajstić information content (AvgIpc) is 2.38. The van der Waals surface area contributed by atoms with Crippen molar-refractivity contribution in [2.24, 2.45) is 5.92 Å². The molecule has 0 spiro atoms. The first-order chi connectivity index (χ1) is 9.15. The van der Waals surface area contributed by atoms with Gasteiger partial charge >= 0.3 is 0 Å². The molecule has 0 radical (unpaired) electrons. The summed E-state index contributed by atoms with van der Waals surface area (Å²) in [5.41, 5.74) is 0.416. The maximum Gasteiger partial charge on any atom is 0.263 e. The molecule has 5 heteroatoms. The Morgan fingerprint density at radius 3 is 2.89 bits per heavy atom. The smallest absolute Gasteiger partial charge is 0.263 e. The number of benzene rings is 1. The fourth-order valence-electron chi connectivity index (χ4n) is 2.03. The van der Waals surface area contributed by atoms with Gasteiger partial charge in [-0.2, -0.15) is 5.26 Å². The summed E-state index contributed by atoms with van der Waals surface area (Å²) in [6.07, 6.45) is -0.630. The van der Waals surface area contributed by atoms with Gasteiger partial charge in [0.1, 0.15) is 11.8 Å². The zero-order valence-corrected chi connectivity index (χ0v) is 10.7. The van der Waals surface area contributed by atoms with Crippen molar-refractivity contribution in [3.8, 4) is 11.8 Å². The minimum absolute atomic E-state index is 0.107. The van der Waals surface area contributed by atoms with Crippen molar-refractivity contribution in [2.75, 3.05) is 19.7 Å². The first-order valence-corrected chi connectivity index (χ1v) is 6.21.